The van der Waals surface area contributed by atoms with Gasteiger partial charge in [-0.1, -0.05) is 0 Å². The largest absolute Gasteiger partial charge is 0.364 e. The lowest BCUT2D eigenvalue weighted by Gasteiger charge is -1.87. The summed E-state index contributed by atoms with van der Waals surface area (Å²) < 4.78 is 0. The molecule has 2 rings (SSSR count). The molecule has 0 atom stereocenters. The van der Waals surface area contributed by atoms with Crippen LogP contribution < -0.4 is 5.73 Å². The highest BCUT2D eigenvalue weighted by Crippen LogP contribution is 2.07. The Kier molecular flexibility index (Phi) is 2.43. The first-order valence-electron chi connectivity index (χ1n) is 3.24. The number of amides is 1. The zero-order valence-electron chi connectivity index (χ0n) is 6.39. The summed E-state index contributed by atoms with van der Waals surface area (Å²) in [5.74, 6) is -0.585. The Morgan fingerprint density at radius 3 is 2.77 bits per heavy atom. The molecule has 2 aromatic heterocycles. The standard InChI is InChI=1S/C6H5N5O.ClH/c7-5(12)3-4-6(11-10-3)9-2-1-8-4;/h1-2H,(H2,7,12)(H,9,10,11);1H. The summed E-state index contributed by atoms with van der Waals surface area (Å²) in [5, 5.41) is 6.20. The summed E-state index contributed by atoms with van der Waals surface area (Å²) in [6.07, 6.45) is 2.97. The van der Waals surface area contributed by atoms with Crippen LogP contribution in [0.3, 0.4) is 0 Å². The van der Waals surface area contributed by atoms with Gasteiger partial charge in [0.1, 0.15) is 5.52 Å². The van der Waals surface area contributed by atoms with Gasteiger partial charge in [-0.3, -0.25) is 9.89 Å². The minimum atomic E-state index is -0.585. The molecule has 0 aliphatic carbocycles. The molecule has 0 spiro atoms. The highest BCUT2D eigenvalue weighted by molar-refractivity contribution is 6.01. The average Bonchev–Trinajstić information content (AvgIpc) is 2.47. The van der Waals surface area contributed by atoms with Gasteiger partial charge >= 0.3 is 0 Å². The Hall–Kier alpha value is -1.69. The van der Waals surface area contributed by atoms with Crippen molar-refractivity contribution in [2.24, 2.45) is 5.73 Å². The third kappa shape index (κ3) is 1.43. The number of aromatic amines is 1. The number of hydrogen-bond acceptors (Lipinski definition) is 4. The van der Waals surface area contributed by atoms with Gasteiger partial charge in [0.15, 0.2) is 11.3 Å². The zero-order chi connectivity index (χ0) is 8.55. The van der Waals surface area contributed by atoms with Crippen molar-refractivity contribution in [2.45, 2.75) is 0 Å². The molecule has 2 heterocycles. The molecule has 0 aliphatic rings. The predicted octanol–water partition coefficient (Wildman–Crippen LogP) is -0.126. The topological polar surface area (TPSA) is 97.6 Å². The van der Waals surface area contributed by atoms with E-state index in [-0.39, 0.29) is 18.1 Å². The third-order valence-corrected chi connectivity index (χ3v) is 1.44. The van der Waals surface area contributed by atoms with Crippen LogP contribution in [0.4, 0.5) is 0 Å². The molecule has 0 unspecified atom stereocenters. The van der Waals surface area contributed by atoms with E-state index in [0.29, 0.717) is 11.2 Å². The van der Waals surface area contributed by atoms with Crippen molar-refractivity contribution >= 4 is 29.5 Å². The van der Waals surface area contributed by atoms with E-state index in [1.165, 1.54) is 12.4 Å². The Bertz CT molecular complexity index is 439. The normalized spacial score (nSPS) is 9.54. The van der Waals surface area contributed by atoms with Crippen molar-refractivity contribution in [3.63, 3.8) is 0 Å². The lowest BCUT2D eigenvalue weighted by molar-refractivity contribution is 0.0997. The van der Waals surface area contributed by atoms with Crippen molar-refractivity contribution in [3.05, 3.63) is 18.1 Å². The van der Waals surface area contributed by atoms with Crippen LogP contribution in [0.15, 0.2) is 12.4 Å². The molecule has 0 saturated carbocycles. The van der Waals surface area contributed by atoms with E-state index < -0.39 is 5.91 Å². The molecular weight excluding hydrogens is 194 g/mol. The molecule has 6 nitrogen and oxygen atoms in total. The Balaban J connectivity index is 0.000000845. The number of carbonyl (C=O) groups is 1. The molecule has 0 aliphatic heterocycles. The minimum Gasteiger partial charge on any atom is -0.364 e. The fourth-order valence-corrected chi connectivity index (χ4v) is 0.922. The SMILES string of the molecule is Cl.NC(=O)c1[nH]nc2nccnc12. The van der Waals surface area contributed by atoms with E-state index in [1.807, 2.05) is 0 Å². The summed E-state index contributed by atoms with van der Waals surface area (Å²) in [6.45, 7) is 0. The highest BCUT2D eigenvalue weighted by Gasteiger charge is 2.10. The van der Waals surface area contributed by atoms with Crippen molar-refractivity contribution in [2.75, 3.05) is 0 Å². The van der Waals surface area contributed by atoms with Crippen molar-refractivity contribution in [3.8, 4) is 0 Å². The first kappa shape index (κ1) is 9.40. The fourth-order valence-electron chi connectivity index (χ4n) is 0.922. The molecule has 0 saturated heterocycles. The monoisotopic (exact) mass is 199 g/mol. The number of carbonyl (C=O) groups excluding carboxylic acids is 1. The molecule has 0 radical (unpaired) electrons. The first-order chi connectivity index (χ1) is 5.79. The summed E-state index contributed by atoms with van der Waals surface area (Å²) >= 11 is 0. The number of hydrogen-bond donors (Lipinski definition) is 2. The van der Waals surface area contributed by atoms with Crippen LogP contribution in [0.5, 0.6) is 0 Å². The van der Waals surface area contributed by atoms with E-state index in [0.717, 1.165) is 0 Å². The van der Waals surface area contributed by atoms with Crippen molar-refractivity contribution in [1.82, 2.24) is 20.2 Å². The van der Waals surface area contributed by atoms with Crippen LogP contribution in [0.2, 0.25) is 0 Å². The number of halogens is 1. The quantitative estimate of drug-likeness (QED) is 0.669. The van der Waals surface area contributed by atoms with Crippen LogP contribution in [0.25, 0.3) is 11.2 Å². The van der Waals surface area contributed by atoms with Crippen LogP contribution in [-0.4, -0.2) is 26.1 Å². The maximum atomic E-state index is 10.8. The van der Waals surface area contributed by atoms with Gasteiger partial charge in [0, 0.05) is 12.4 Å². The van der Waals surface area contributed by atoms with Gasteiger partial charge in [0.05, 0.1) is 0 Å². The molecule has 0 bridgehead atoms. The molecule has 1 amide bonds. The van der Waals surface area contributed by atoms with Gasteiger partial charge in [-0.25, -0.2) is 9.97 Å². The number of nitrogens with zero attached hydrogens (tertiary/aromatic N) is 3. The van der Waals surface area contributed by atoms with E-state index in [4.69, 9.17) is 5.73 Å². The van der Waals surface area contributed by atoms with Crippen LogP contribution in [0.1, 0.15) is 10.5 Å². The van der Waals surface area contributed by atoms with Gasteiger partial charge in [-0.2, -0.15) is 5.10 Å². The van der Waals surface area contributed by atoms with Crippen LogP contribution in [-0.2, 0) is 0 Å². The second-order valence-corrected chi connectivity index (χ2v) is 2.19. The van der Waals surface area contributed by atoms with Gasteiger partial charge < -0.3 is 5.73 Å². The molecule has 3 N–H and O–H groups in total. The second kappa shape index (κ2) is 3.36. The van der Waals surface area contributed by atoms with Crippen molar-refractivity contribution < 1.29 is 4.79 Å². The van der Waals surface area contributed by atoms with Gasteiger partial charge in [0.2, 0.25) is 0 Å². The second-order valence-electron chi connectivity index (χ2n) is 2.19. The van der Waals surface area contributed by atoms with E-state index in [2.05, 4.69) is 20.2 Å². The summed E-state index contributed by atoms with van der Waals surface area (Å²) in [4.78, 5) is 18.5. The molecule has 13 heavy (non-hydrogen) atoms. The van der Waals surface area contributed by atoms with E-state index >= 15 is 0 Å². The summed E-state index contributed by atoms with van der Waals surface area (Å²) in [6, 6.07) is 0. The minimum absolute atomic E-state index is 0. The van der Waals surface area contributed by atoms with Crippen molar-refractivity contribution in [1.29, 1.82) is 0 Å². The molecule has 0 fully saturated rings. The predicted molar refractivity (Wildman–Crippen MR) is 47.4 cm³/mol. The summed E-state index contributed by atoms with van der Waals surface area (Å²) in [7, 11) is 0. The third-order valence-electron chi connectivity index (χ3n) is 1.44. The Labute approximate surface area is 79.0 Å². The average molecular weight is 200 g/mol. The Morgan fingerprint density at radius 2 is 2.08 bits per heavy atom. The van der Waals surface area contributed by atoms with E-state index in [9.17, 15) is 4.79 Å². The zero-order valence-corrected chi connectivity index (χ0v) is 7.21. The number of aromatic nitrogens is 4. The van der Waals surface area contributed by atoms with Gasteiger partial charge in [0.25, 0.3) is 5.91 Å². The highest BCUT2D eigenvalue weighted by atomic mass is 35.5. The summed E-state index contributed by atoms with van der Waals surface area (Å²) in [5.41, 5.74) is 6.04. The van der Waals surface area contributed by atoms with E-state index in [1.54, 1.807) is 0 Å². The van der Waals surface area contributed by atoms with Crippen LogP contribution in [0, 0.1) is 0 Å². The lowest BCUT2D eigenvalue weighted by atomic mass is 10.4. The molecule has 7 heteroatoms. The van der Waals surface area contributed by atoms with Gasteiger partial charge in [-0.05, 0) is 0 Å². The first-order valence-corrected chi connectivity index (χ1v) is 3.24. The lowest BCUT2D eigenvalue weighted by Crippen LogP contribution is -2.12. The molecule has 0 aromatic carbocycles. The molecular formula is C6H6ClN5O. The number of H-pyrrole nitrogens is 1. The molecule has 68 valence electrons. The maximum absolute atomic E-state index is 10.8. The van der Waals surface area contributed by atoms with Gasteiger partial charge in [-0.15, -0.1) is 12.4 Å². The Morgan fingerprint density at radius 1 is 1.38 bits per heavy atom. The number of primary amides is 1. The van der Waals surface area contributed by atoms with Crippen LogP contribution >= 0.6 is 12.4 Å². The number of rotatable bonds is 1. The fraction of sp³-hybridized carbons (Fsp3) is 0. The smallest absolute Gasteiger partial charge is 0.269 e. The molecule has 2 aromatic rings. The number of nitrogens with two attached hydrogens (primary N) is 1. The number of fused-ring (bicyclic) bond motifs is 1. The number of nitrogens with one attached hydrogen (secondary N) is 1. The maximum Gasteiger partial charge on any atom is 0.269 e.